The lowest BCUT2D eigenvalue weighted by Gasteiger charge is -2.07. The van der Waals surface area contributed by atoms with Crippen molar-refractivity contribution in [2.75, 3.05) is 12.4 Å². The molecule has 0 saturated heterocycles. The van der Waals surface area contributed by atoms with Crippen molar-refractivity contribution in [3.05, 3.63) is 71.0 Å². The van der Waals surface area contributed by atoms with Gasteiger partial charge in [0.25, 0.3) is 5.91 Å². The molecule has 132 valence electrons. The summed E-state index contributed by atoms with van der Waals surface area (Å²) in [4.78, 5) is 32.0. The van der Waals surface area contributed by atoms with Crippen LogP contribution >= 0.6 is 11.3 Å². The lowest BCUT2D eigenvalue weighted by molar-refractivity contribution is 0.0602. The SMILES string of the molecule is COC(=O)c1ccsc1NC(=O)c1cc(OCc2ccccc2)ncn1. The van der Waals surface area contributed by atoms with Gasteiger partial charge in [0.05, 0.1) is 12.7 Å². The van der Waals surface area contributed by atoms with E-state index in [1.54, 1.807) is 11.4 Å². The molecular weight excluding hydrogens is 354 g/mol. The second-order valence-corrected chi connectivity index (χ2v) is 6.04. The van der Waals surface area contributed by atoms with Crippen LogP contribution in [0.3, 0.4) is 0 Å². The predicted molar refractivity (Wildman–Crippen MR) is 96.4 cm³/mol. The van der Waals surface area contributed by atoms with Gasteiger partial charge in [0, 0.05) is 6.07 Å². The van der Waals surface area contributed by atoms with Crippen LogP contribution in [0.1, 0.15) is 26.4 Å². The minimum atomic E-state index is -0.517. The van der Waals surface area contributed by atoms with Crippen molar-refractivity contribution in [2.45, 2.75) is 6.61 Å². The fraction of sp³-hybridized carbons (Fsp3) is 0.111. The molecule has 0 saturated carbocycles. The van der Waals surface area contributed by atoms with Crippen LogP contribution in [-0.2, 0) is 11.3 Å². The summed E-state index contributed by atoms with van der Waals surface area (Å²) in [7, 11) is 1.28. The number of anilines is 1. The minimum Gasteiger partial charge on any atom is -0.473 e. The highest BCUT2D eigenvalue weighted by molar-refractivity contribution is 7.14. The monoisotopic (exact) mass is 369 g/mol. The number of nitrogens with one attached hydrogen (secondary N) is 1. The fourth-order valence-electron chi connectivity index (χ4n) is 2.12. The van der Waals surface area contributed by atoms with Gasteiger partial charge in [-0.2, -0.15) is 0 Å². The summed E-state index contributed by atoms with van der Waals surface area (Å²) < 4.78 is 10.3. The average molecular weight is 369 g/mol. The van der Waals surface area contributed by atoms with E-state index in [2.05, 4.69) is 20.0 Å². The van der Waals surface area contributed by atoms with E-state index in [1.807, 2.05) is 30.3 Å². The number of rotatable bonds is 6. The highest BCUT2D eigenvalue weighted by Crippen LogP contribution is 2.24. The highest BCUT2D eigenvalue weighted by Gasteiger charge is 2.17. The second kappa shape index (κ2) is 8.21. The Bertz CT molecular complexity index is 912. The zero-order chi connectivity index (χ0) is 18.4. The summed E-state index contributed by atoms with van der Waals surface area (Å²) in [5.41, 5.74) is 1.41. The molecule has 0 spiro atoms. The Labute approximate surface area is 153 Å². The number of hydrogen-bond acceptors (Lipinski definition) is 7. The second-order valence-electron chi connectivity index (χ2n) is 5.12. The van der Waals surface area contributed by atoms with E-state index in [0.717, 1.165) is 5.56 Å². The number of carbonyl (C=O) groups is 2. The number of carbonyl (C=O) groups excluding carboxylic acids is 2. The third-order valence-electron chi connectivity index (χ3n) is 3.40. The van der Waals surface area contributed by atoms with Crippen molar-refractivity contribution in [3.8, 4) is 5.88 Å². The molecule has 0 atom stereocenters. The van der Waals surface area contributed by atoms with Gasteiger partial charge in [0.15, 0.2) is 0 Å². The predicted octanol–water partition coefficient (Wildman–Crippen LogP) is 3.16. The Morgan fingerprint density at radius 3 is 2.73 bits per heavy atom. The summed E-state index contributed by atoms with van der Waals surface area (Å²) in [6, 6.07) is 12.6. The maximum atomic E-state index is 12.4. The van der Waals surface area contributed by atoms with Crippen molar-refractivity contribution in [1.82, 2.24) is 9.97 Å². The van der Waals surface area contributed by atoms with Crippen LogP contribution in [0.15, 0.2) is 54.2 Å². The number of methoxy groups -OCH3 is 1. The molecule has 3 aromatic rings. The quantitative estimate of drug-likeness (QED) is 0.671. The molecule has 0 unspecified atom stereocenters. The largest absolute Gasteiger partial charge is 0.473 e. The topological polar surface area (TPSA) is 90.4 Å². The Balaban J connectivity index is 1.68. The van der Waals surface area contributed by atoms with Crippen LogP contribution in [0.5, 0.6) is 5.88 Å². The molecule has 1 amide bonds. The molecule has 1 N–H and O–H groups in total. The van der Waals surface area contributed by atoms with E-state index in [1.165, 1.54) is 30.8 Å². The van der Waals surface area contributed by atoms with Crippen LogP contribution in [-0.4, -0.2) is 29.0 Å². The maximum Gasteiger partial charge on any atom is 0.340 e. The number of benzene rings is 1. The Morgan fingerprint density at radius 1 is 1.15 bits per heavy atom. The van der Waals surface area contributed by atoms with E-state index in [9.17, 15) is 9.59 Å². The fourth-order valence-corrected chi connectivity index (χ4v) is 2.89. The molecule has 7 nitrogen and oxygen atoms in total. The molecule has 0 fully saturated rings. The first-order valence-corrected chi connectivity index (χ1v) is 8.51. The van der Waals surface area contributed by atoms with E-state index in [-0.39, 0.29) is 11.6 Å². The van der Waals surface area contributed by atoms with E-state index < -0.39 is 11.9 Å². The van der Waals surface area contributed by atoms with Crippen molar-refractivity contribution in [2.24, 2.45) is 0 Å². The summed E-state index contributed by atoms with van der Waals surface area (Å²) in [5, 5.41) is 4.74. The van der Waals surface area contributed by atoms with Crippen LogP contribution in [0, 0.1) is 0 Å². The molecule has 0 radical (unpaired) electrons. The van der Waals surface area contributed by atoms with Gasteiger partial charge in [-0.3, -0.25) is 4.79 Å². The van der Waals surface area contributed by atoms with Crippen LogP contribution < -0.4 is 10.1 Å². The van der Waals surface area contributed by atoms with E-state index >= 15 is 0 Å². The van der Waals surface area contributed by atoms with E-state index in [4.69, 9.17) is 4.74 Å². The standard InChI is InChI=1S/C18H15N3O4S/c1-24-18(23)13-7-8-26-17(13)21-16(22)14-9-15(20-11-19-14)25-10-12-5-3-2-4-6-12/h2-9,11H,10H2,1H3,(H,21,22). The van der Waals surface area contributed by atoms with Crippen molar-refractivity contribution >= 4 is 28.2 Å². The Hall–Kier alpha value is -3.26. The summed E-state index contributed by atoms with van der Waals surface area (Å²) in [6.07, 6.45) is 1.25. The third kappa shape index (κ3) is 4.22. The molecule has 2 heterocycles. The van der Waals surface area contributed by atoms with E-state index in [0.29, 0.717) is 17.2 Å². The molecule has 0 aliphatic heterocycles. The van der Waals surface area contributed by atoms with Gasteiger partial charge in [0.2, 0.25) is 5.88 Å². The molecule has 2 aromatic heterocycles. The Kier molecular flexibility index (Phi) is 5.55. The first-order valence-electron chi connectivity index (χ1n) is 7.63. The lowest BCUT2D eigenvalue weighted by Crippen LogP contribution is -2.15. The van der Waals surface area contributed by atoms with Gasteiger partial charge >= 0.3 is 5.97 Å². The van der Waals surface area contributed by atoms with Crippen molar-refractivity contribution in [1.29, 1.82) is 0 Å². The van der Waals surface area contributed by atoms with Gasteiger partial charge in [-0.15, -0.1) is 11.3 Å². The van der Waals surface area contributed by atoms with Gasteiger partial charge in [0.1, 0.15) is 23.6 Å². The lowest BCUT2D eigenvalue weighted by atomic mass is 10.2. The van der Waals surface area contributed by atoms with Crippen LogP contribution in [0.2, 0.25) is 0 Å². The molecular formula is C18H15N3O4S. The maximum absolute atomic E-state index is 12.4. The van der Waals surface area contributed by atoms with Crippen molar-refractivity contribution < 1.29 is 19.1 Å². The van der Waals surface area contributed by atoms with Crippen molar-refractivity contribution in [3.63, 3.8) is 0 Å². The molecule has 0 bridgehead atoms. The van der Waals surface area contributed by atoms with Crippen LogP contribution in [0.25, 0.3) is 0 Å². The van der Waals surface area contributed by atoms with Gasteiger partial charge < -0.3 is 14.8 Å². The highest BCUT2D eigenvalue weighted by atomic mass is 32.1. The number of hydrogen-bond donors (Lipinski definition) is 1. The normalized spacial score (nSPS) is 10.2. The number of aromatic nitrogens is 2. The number of ether oxygens (including phenoxy) is 2. The summed E-state index contributed by atoms with van der Waals surface area (Å²) >= 11 is 1.22. The molecule has 8 heteroatoms. The smallest absolute Gasteiger partial charge is 0.340 e. The zero-order valence-electron chi connectivity index (χ0n) is 13.8. The first-order chi connectivity index (χ1) is 12.7. The number of thiophene rings is 1. The first kappa shape index (κ1) is 17.6. The average Bonchev–Trinajstić information content (AvgIpc) is 3.15. The molecule has 1 aromatic carbocycles. The third-order valence-corrected chi connectivity index (χ3v) is 4.23. The van der Waals surface area contributed by atoms with Crippen LogP contribution in [0.4, 0.5) is 5.00 Å². The minimum absolute atomic E-state index is 0.132. The van der Waals surface area contributed by atoms with Gasteiger partial charge in [-0.1, -0.05) is 30.3 Å². The zero-order valence-corrected chi connectivity index (χ0v) is 14.7. The number of nitrogens with zero attached hydrogens (tertiary/aromatic N) is 2. The van der Waals surface area contributed by atoms with Gasteiger partial charge in [-0.25, -0.2) is 14.8 Å². The number of esters is 1. The molecule has 3 rings (SSSR count). The molecule has 0 aliphatic rings. The number of amides is 1. The summed E-state index contributed by atoms with van der Waals surface area (Å²) in [6.45, 7) is 0.330. The molecule has 26 heavy (non-hydrogen) atoms. The molecule has 0 aliphatic carbocycles. The van der Waals surface area contributed by atoms with Gasteiger partial charge in [-0.05, 0) is 17.0 Å². The Morgan fingerprint density at radius 2 is 1.96 bits per heavy atom. The summed E-state index contributed by atoms with van der Waals surface area (Å²) in [5.74, 6) is -0.700.